The molecule has 28 heavy (non-hydrogen) atoms. The van der Waals surface area contributed by atoms with Crippen LogP contribution in [0.3, 0.4) is 0 Å². The Balaban J connectivity index is 1.43. The molecule has 1 atom stereocenters. The molecule has 1 aliphatic rings. The first-order chi connectivity index (χ1) is 13.6. The van der Waals surface area contributed by atoms with Gasteiger partial charge in [-0.15, -0.1) is 0 Å². The fraction of sp³-hybridized carbons (Fsp3) is 0.130. The van der Waals surface area contributed by atoms with Gasteiger partial charge in [0.1, 0.15) is 6.10 Å². The lowest BCUT2D eigenvalue weighted by Crippen LogP contribution is -2.23. The van der Waals surface area contributed by atoms with Gasteiger partial charge in [0.05, 0.1) is 12.1 Å². The summed E-state index contributed by atoms with van der Waals surface area (Å²) in [5, 5.41) is 8.99. The predicted octanol–water partition coefficient (Wildman–Crippen LogP) is 4.75. The van der Waals surface area contributed by atoms with Gasteiger partial charge in [-0.3, -0.25) is 4.90 Å². The van der Waals surface area contributed by atoms with Crippen LogP contribution in [-0.2, 0) is 11.3 Å². The van der Waals surface area contributed by atoms with Crippen LogP contribution in [0.5, 0.6) is 0 Å². The van der Waals surface area contributed by atoms with Crippen molar-refractivity contribution in [3.63, 3.8) is 0 Å². The summed E-state index contributed by atoms with van der Waals surface area (Å²) in [4.78, 5) is 24.9. The van der Waals surface area contributed by atoms with E-state index in [0.717, 1.165) is 22.3 Å². The molecule has 0 aromatic heterocycles. The van der Waals surface area contributed by atoms with Crippen molar-refractivity contribution < 1.29 is 19.4 Å². The Hall–Kier alpha value is -3.60. The first-order valence-corrected chi connectivity index (χ1v) is 9.03. The van der Waals surface area contributed by atoms with Crippen molar-refractivity contribution in [3.05, 3.63) is 95.6 Å². The predicted molar refractivity (Wildman–Crippen MR) is 105 cm³/mol. The third kappa shape index (κ3) is 3.74. The second-order valence-electron chi connectivity index (χ2n) is 6.74. The van der Waals surface area contributed by atoms with E-state index in [1.807, 2.05) is 54.6 Å². The van der Waals surface area contributed by atoms with E-state index in [1.165, 1.54) is 0 Å². The van der Waals surface area contributed by atoms with Crippen LogP contribution in [0.4, 0.5) is 4.79 Å². The number of amides is 1. The molecule has 4 rings (SSSR count). The van der Waals surface area contributed by atoms with E-state index in [-0.39, 0.29) is 17.8 Å². The topological polar surface area (TPSA) is 66.8 Å². The third-order valence-corrected chi connectivity index (χ3v) is 4.85. The fourth-order valence-corrected chi connectivity index (χ4v) is 3.31. The van der Waals surface area contributed by atoms with E-state index in [0.29, 0.717) is 13.1 Å². The summed E-state index contributed by atoms with van der Waals surface area (Å²) in [6.07, 6.45) is -0.539. The van der Waals surface area contributed by atoms with E-state index < -0.39 is 5.97 Å². The van der Waals surface area contributed by atoms with Gasteiger partial charge in [-0.2, -0.15) is 0 Å². The fourth-order valence-electron chi connectivity index (χ4n) is 3.31. The average Bonchev–Trinajstić information content (AvgIpc) is 3.10. The Morgan fingerprint density at radius 1 is 0.929 bits per heavy atom. The molecule has 3 aromatic carbocycles. The van der Waals surface area contributed by atoms with E-state index in [2.05, 4.69) is 0 Å². The summed E-state index contributed by atoms with van der Waals surface area (Å²) in [5.74, 6) is -0.937. The first-order valence-electron chi connectivity index (χ1n) is 9.03. The number of hydrogen-bond donors (Lipinski definition) is 1. The minimum atomic E-state index is -0.937. The van der Waals surface area contributed by atoms with E-state index >= 15 is 0 Å². The standard InChI is InChI=1S/C23H19NO4/c25-22(26)20-12-10-18(11-13-20)17-8-6-16(7-9-17)14-24-15-21(28-23(24)27)19-4-2-1-3-5-19/h1-13,21H,14-15H2,(H,25,26). The van der Waals surface area contributed by atoms with Gasteiger partial charge in [0, 0.05) is 6.54 Å². The van der Waals surface area contributed by atoms with Gasteiger partial charge in [0.2, 0.25) is 0 Å². The molecular weight excluding hydrogens is 354 g/mol. The van der Waals surface area contributed by atoms with Gasteiger partial charge in [-0.1, -0.05) is 66.7 Å². The van der Waals surface area contributed by atoms with Crippen LogP contribution < -0.4 is 0 Å². The molecule has 0 saturated carbocycles. The van der Waals surface area contributed by atoms with Crippen LogP contribution in [0.2, 0.25) is 0 Å². The van der Waals surface area contributed by atoms with Crippen LogP contribution in [0, 0.1) is 0 Å². The molecule has 140 valence electrons. The second-order valence-corrected chi connectivity index (χ2v) is 6.74. The number of carbonyl (C=O) groups excluding carboxylic acids is 1. The molecule has 0 spiro atoms. The Morgan fingerprint density at radius 3 is 2.14 bits per heavy atom. The zero-order valence-electron chi connectivity index (χ0n) is 15.1. The number of ether oxygens (including phenoxy) is 1. The van der Waals surface area contributed by atoms with Gasteiger partial charge in [-0.05, 0) is 34.4 Å². The molecule has 0 radical (unpaired) electrons. The van der Waals surface area contributed by atoms with Crippen molar-refractivity contribution in [1.29, 1.82) is 0 Å². The maximum absolute atomic E-state index is 12.2. The Labute approximate surface area is 162 Å². The average molecular weight is 373 g/mol. The van der Waals surface area contributed by atoms with Crippen LogP contribution in [-0.4, -0.2) is 28.6 Å². The zero-order chi connectivity index (χ0) is 19.5. The van der Waals surface area contributed by atoms with Crippen molar-refractivity contribution in [2.75, 3.05) is 6.54 Å². The summed E-state index contributed by atoms with van der Waals surface area (Å²) in [5.41, 5.74) is 4.21. The smallest absolute Gasteiger partial charge is 0.410 e. The molecule has 5 nitrogen and oxygen atoms in total. The molecule has 1 N–H and O–H groups in total. The van der Waals surface area contributed by atoms with Gasteiger partial charge in [0.25, 0.3) is 0 Å². The second kappa shape index (κ2) is 7.56. The third-order valence-electron chi connectivity index (χ3n) is 4.85. The minimum Gasteiger partial charge on any atom is -0.478 e. The Morgan fingerprint density at radius 2 is 1.54 bits per heavy atom. The van der Waals surface area contributed by atoms with Crippen molar-refractivity contribution >= 4 is 12.1 Å². The van der Waals surface area contributed by atoms with Crippen LogP contribution in [0.1, 0.15) is 27.6 Å². The van der Waals surface area contributed by atoms with Crippen LogP contribution in [0.25, 0.3) is 11.1 Å². The Bertz CT molecular complexity index is 981. The number of hydrogen-bond acceptors (Lipinski definition) is 3. The molecule has 1 heterocycles. The maximum Gasteiger partial charge on any atom is 0.410 e. The largest absolute Gasteiger partial charge is 0.478 e. The SMILES string of the molecule is O=C(O)c1ccc(-c2ccc(CN3CC(c4ccccc4)OC3=O)cc2)cc1. The van der Waals surface area contributed by atoms with Crippen molar-refractivity contribution in [2.24, 2.45) is 0 Å². The molecule has 1 fully saturated rings. The minimum absolute atomic E-state index is 0.235. The van der Waals surface area contributed by atoms with Gasteiger partial charge in [-0.25, -0.2) is 9.59 Å². The Kier molecular flexibility index (Phi) is 4.81. The van der Waals surface area contributed by atoms with Crippen LogP contribution in [0.15, 0.2) is 78.9 Å². The molecule has 0 aliphatic carbocycles. The number of carboxylic acids is 1. The highest BCUT2D eigenvalue weighted by molar-refractivity contribution is 5.88. The first kappa shape index (κ1) is 17.8. The molecule has 1 saturated heterocycles. The van der Waals surface area contributed by atoms with E-state index in [1.54, 1.807) is 29.2 Å². The molecule has 1 aliphatic heterocycles. The molecule has 1 unspecified atom stereocenters. The molecule has 1 amide bonds. The molecule has 0 bridgehead atoms. The van der Waals surface area contributed by atoms with E-state index in [9.17, 15) is 9.59 Å². The highest BCUT2D eigenvalue weighted by Crippen LogP contribution is 2.27. The lowest BCUT2D eigenvalue weighted by atomic mass is 10.0. The number of aromatic carboxylic acids is 1. The highest BCUT2D eigenvalue weighted by Gasteiger charge is 2.32. The van der Waals surface area contributed by atoms with Crippen molar-refractivity contribution in [1.82, 2.24) is 4.90 Å². The van der Waals surface area contributed by atoms with E-state index in [4.69, 9.17) is 9.84 Å². The van der Waals surface area contributed by atoms with Gasteiger partial charge >= 0.3 is 12.1 Å². The monoisotopic (exact) mass is 373 g/mol. The molecular formula is C23H19NO4. The number of carboxylic acid groups (broad SMARTS) is 1. The lowest BCUT2D eigenvalue weighted by Gasteiger charge is -2.13. The lowest BCUT2D eigenvalue weighted by molar-refractivity contribution is 0.0697. The maximum atomic E-state index is 12.2. The summed E-state index contributed by atoms with van der Waals surface area (Å²) in [7, 11) is 0. The van der Waals surface area contributed by atoms with Crippen molar-refractivity contribution in [2.45, 2.75) is 12.6 Å². The van der Waals surface area contributed by atoms with Crippen LogP contribution >= 0.6 is 0 Å². The zero-order valence-corrected chi connectivity index (χ0v) is 15.1. The molecule has 3 aromatic rings. The number of nitrogens with zero attached hydrogens (tertiary/aromatic N) is 1. The normalized spacial score (nSPS) is 16.1. The summed E-state index contributed by atoms with van der Waals surface area (Å²) in [6.45, 7) is 1.02. The summed E-state index contributed by atoms with van der Waals surface area (Å²) in [6, 6.07) is 24.4. The van der Waals surface area contributed by atoms with Gasteiger partial charge < -0.3 is 9.84 Å². The number of rotatable bonds is 5. The summed E-state index contributed by atoms with van der Waals surface area (Å²) < 4.78 is 5.49. The number of carbonyl (C=O) groups is 2. The summed E-state index contributed by atoms with van der Waals surface area (Å²) >= 11 is 0. The van der Waals surface area contributed by atoms with Crippen molar-refractivity contribution in [3.8, 4) is 11.1 Å². The highest BCUT2D eigenvalue weighted by atomic mass is 16.6. The number of cyclic esters (lactones) is 1. The molecule has 5 heteroatoms. The van der Waals surface area contributed by atoms with Gasteiger partial charge in [0.15, 0.2) is 0 Å². The quantitative estimate of drug-likeness (QED) is 0.701. The number of benzene rings is 3.